The molecule has 0 saturated heterocycles. The lowest BCUT2D eigenvalue weighted by molar-refractivity contribution is -0.00574. The lowest BCUT2D eigenvalue weighted by Crippen LogP contribution is -2.49. The van der Waals surface area contributed by atoms with Gasteiger partial charge in [0.25, 0.3) is 10.0 Å². The number of hydrogen-bond donors (Lipinski definition) is 0. The van der Waals surface area contributed by atoms with Gasteiger partial charge >= 0.3 is 0 Å². The molecule has 5 heteroatoms. The fraction of sp³-hybridized carbons (Fsp3) is 0.609. The SMILES string of the molecule is Cc1ccc(C)c(S(=O)(=O)n2nc(C)c(C34CC5CC(CC(C5)C3)C4)c2C)c1. The van der Waals surface area contributed by atoms with Crippen molar-refractivity contribution in [3.05, 3.63) is 46.3 Å². The normalized spacial score (nSPS) is 31.5. The maximum absolute atomic E-state index is 13.5. The number of benzene rings is 1. The van der Waals surface area contributed by atoms with Crippen molar-refractivity contribution in [3.63, 3.8) is 0 Å². The molecule has 4 nitrogen and oxygen atoms in total. The molecule has 150 valence electrons. The van der Waals surface area contributed by atoms with Gasteiger partial charge in [-0.15, -0.1) is 0 Å². The molecule has 0 amide bonds. The van der Waals surface area contributed by atoms with Crippen molar-refractivity contribution in [2.75, 3.05) is 0 Å². The number of aryl methyl sites for hydroxylation is 3. The lowest BCUT2D eigenvalue weighted by Gasteiger charge is -2.57. The molecule has 4 saturated carbocycles. The Bertz CT molecular complexity index is 1030. The first-order valence-electron chi connectivity index (χ1n) is 10.6. The van der Waals surface area contributed by atoms with Crippen molar-refractivity contribution in [2.24, 2.45) is 17.8 Å². The molecule has 0 unspecified atom stereocenters. The standard InChI is InChI=1S/C23H30N2O2S/c1-14-5-6-15(2)21(7-14)28(26,27)25-17(4)22(16(3)24-25)23-11-18-8-19(12-23)10-20(9-18)13-23/h5-7,18-20H,8-13H2,1-4H3. The Balaban J connectivity index is 1.64. The summed E-state index contributed by atoms with van der Waals surface area (Å²) in [7, 11) is -3.69. The van der Waals surface area contributed by atoms with Crippen LogP contribution in [-0.4, -0.2) is 17.6 Å². The Labute approximate surface area is 168 Å². The molecule has 1 aromatic heterocycles. The van der Waals surface area contributed by atoms with Crippen LogP contribution in [0.25, 0.3) is 0 Å². The maximum Gasteiger partial charge on any atom is 0.283 e. The second-order valence-electron chi connectivity index (χ2n) is 9.86. The Morgan fingerprint density at radius 2 is 1.54 bits per heavy atom. The molecule has 4 fully saturated rings. The van der Waals surface area contributed by atoms with E-state index in [9.17, 15) is 8.42 Å². The number of nitrogens with zero attached hydrogens (tertiary/aromatic N) is 2. The molecule has 0 aliphatic heterocycles. The largest absolute Gasteiger partial charge is 0.283 e. The summed E-state index contributed by atoms with van der Waals surface area (Å²) in [5.74, 6) is 2.47. The third-order valence-electron chi connectivity index (χ3n) is 7.67. The number of aromatic nitrogens is 2. The van der Waals surface area contributed by atoms with Crippen LogP contribution in [0.2, 0.25) is 0 Å². The highest BCUT2D eigenvalue weighted by Gasteiger charge is 2.53. The van der Waals surface area contributed by atoms with Crippen molar-refractivity contribution in [1.82, 2.24) is 9.19 Å². The van der Waals surface area contributed by atoms with Gasteiger partial charge in [-0.2, -0.15) is 17.6 Å². The third kappa shape index (κ3) is 2.54. The summed E-state index contributed by atoms with van der Waals surface area (Å²) in [6, 6.07) is 5.61. The summed E-state index contributed by atoms with van der Waals surface area (Å²) in [4.78, 5) is 0.371. The smallest absolute Gasteiger partial charge is 0.199 e. The lowest BCUT2D eigenvalue weighted by atomic mass is 9.48. The predicted molar refractivity (Wildman–Crippen MR) is 110 cm³/mol. The van der Waals surface area contributed by atoms with Crippen LogP contribution in [0.4, 0.5) is 0 Å². The van der Waals surface area contributed by atoms with Gasteiger partial charge in [0.2, 0.25) is 0 Å². The quantitative estimate of drug-likeness (QED) is 0.745. The maximum atomic E-state index is 13.5. The molecule has 28 heavy (non-hydrogen) atoms. The summed E-state index contributed by atoms with van der Waals surface area (Å²) >= 11 is 0. The van der Waals surface area contributed by atoms with E-state index >= 15 is 0 Å². The minimum Gasteiger partial charge on any atom is -0.199 e. The van der Waals surface area contributed by atoms with Crippen molar-refractivity contribution in [1.29, 1.82) is 0 Å². The van der Waals surface area contributed by atoms with Crippen molar-refractivity contribution >= 4 is 10.0 Å². The molecule has 1 heterocycles. The summed E-state index contributed by atoms with van der Waals surface area (Å²) in [6.45, 7) is 7.77. The van der Waals surface area contributed by atoms with Crippen LogP contribution in [0.1, 0.15) is 66.6 Å². The predicted octanol–water partition coefficient (Wildman–Crippen LogP) is 4.82. The van der Waals surface area contributed by atoms with E-state index in [0.29, 0.717) is 4.90 Å². The minimum atomic E-state index is -3.69. The highest BCUT2D eigenvalue weighted by atomic mass is 32.2. The van der Waals surface area contributed by atoms with Gasteiger partial charge in [0.15, 0.2) is 0 Å². The first-order valence-corrected chi connectivity index (χ1v) is 12.0. The summed E-state index contributed by atoms with van der Waals surface area (Å²) < 4.78 is 28.4. The average molecular weight is 399 g/mol. The van der Waals surface area contributed by atoms with Crippen LogP contribution in [0.3, 0.4) is 0 Å². The average Bonchev–Trinajstić information content (AvgIpc) is 2.91. The third-order valence-corrected chi connectivity index (χ3v) is 9.48. The second-order valence-corrected chi connectivity index (χ2v) is 11.6. The van der Waals surface area contributed by atoms with Gasteiger partial charge in [0.05, 0.1) is 16.3 Å². The van der Waals surface area contributed by atoms with E-state index in [4.69, 9.17) is 0 Å². The molecule has 0 atom stereocenters. The molecule has 0 N–H and O–H groups in total. The first kappa shape index (κ1) is 18.4. The van der Waals surface area contributed by atoms with Gasteiger partial charge in [0.1, 0.15) is 0 Å². The summed E-state index contributed by atoms with van der Waals surface area (Å²) in [5, 5.41) is 4.61. The fourth-order valence-corrected chi connectivity index (χ4v) is 8.79. The summed E-state index contributed by atoms with van der Waals surface area (Å²) in [6.07, 6.45) is 7.80. The van der Waals surface area contributed by atoms with Crippen molar-refractivity contribution in [2.45, 2.75) is 76.5 Å². The van der Waals surface area contributed by atoms with Crippen LogP contribution < -0.4 is 0 Å². The number of hydrogen-bond acceptors (Lipinski definition) is 3. The van der Waals surface area contributed by atoms with Gasteiger partial charge in [0, 0.05) is 5.56 Å². The molecule has 4 aliphatic rings. The highest BCUT2D eigenvalue weighted by Crippen LogP contribution is 2.61. The molecule has 1 aromatic carbocycles. The molecule has 6 rings (SSSR count). The Kier molecular flexibility index (Phi) is 3.91. The molecule has 4 bridgehead atoms. The van der Waals surface area contributed by atoms with Crippen LogP contribution in [0.15, 0.2) is 23.1 Å². The zero-order valence-corrected chi connectivity index (χ0v) is 18.1. The molecular weight excluding hydrogens is 368 g/mol. The van der Waals surface area contributed by atoms with Crippen LogP contribution in [-0.2, 0) is 15.4 Å². The fourth-order valence-electron chi connectivity index (χ4n) is 7.12. The Morgan fingerprint density at radius 1 is 0.964 bits per heavy atom. The molecule has 2 aromatic rings. The first-order chi connectivity index (χ1) is 13.2. The molecule has 0 radical (unpaired) electrons. The van der Waals surface area contributed by atoms with Gasteiger partial charge in [-0.05, 0) is 107 Å². The van der Waals surface area contributed by atoms with E-state index in [1.807, 2.05) is 39.8 Å². The van der Waals surface area contributed by atoms with Crippen molar-refractivity contribution in [3.8, 4) is 0 Å². The van der Waals surface area contributed by atoms with E-state index in [1.54, 1.807) is 6.07 Å². The van der Waals surface area contributed by atoms with E-state index in [1.165, 1.54) is 48.2 Å². The summed E-state index contributed by atoms with van der Waals surface area (Å²) in [5.41, 5.74) is 4.86. The van der Waals surface area contributed by atoms with Crippen LogP contribution in [0.5, 0.6) is 0 Å². The zero-order chi connectivity index (χ0) is 19.8. The Morgan fingerprint density at radius 3 is 2.11 bits per heavy atom. The monoisotopic (exact) mass is 398 g/mol. The highest BCUT2D eigenvalue weighted by molar-refractivity contribution is 7.90. The topological polar surface area (TPSA) is 52.0 Å². The number of rotatable bonds is 3. The molecule has 0 spiro atoms. The van der Waals surface area contributed by atoms with Gasteiger partial charge in [-0.3, -0.25) is 0 Å². The Hall–Kier alpha value is -1.62. The van der Waals surface area contributed by atoms with E-state index in [-0.39, 0.29) is 5.41 Å². The van der Waals surface area contributed by atoms with E-state index in [2.05, 4.69) is 5.10 Å². The van der Waals surface area contributed by atoms with Crippen LogP contribution >= 0.6 is 0 Å². The van der Waals surface area contributed by atoms with E-state index in [0.717, 1.165) is 40.3 Å². The minimum absolute atomic E-state index is 0.151. The van der Waals surface area contributed by atoms with Gasteiger partial charge < -0.3 is 0 Å². The second kappa shape index (κ2) is 5.94. The molecular formula is C23H30N2O2S. The van der Waals surface area contributed by atoms with Crippen molar-refractivity contribution < 1.29 is 8.42 Å². The van der Waals surface area contributed by atoms with Gasteiger partial charge in [-0.1, -0.05) is 12.1 Å². The van der Waals surface area contributed by atoms with Crippen LogP contribution in [0, 0.1) is 45.4 Å². The molecule has 4 aliphatic carbocycles. The van der Waals surface area contributed by atoms with Gasteiger partial charge in [-0.25, -0.2) is 0 Å². The van der Waals surface area contributed by atoms with E-state index < -0.39 is 10.0 Å². The zero-order valence-electron chi connectivity index (χ0n) is 17.3.